The Morgan fingerprint density at radius 3 is 2.44 bits per heavy atom. The molecule has 2 amide bonds. The molecule has 3 rings (SSSR count). The number of halogens is 2. The second-order valence-corrected chi connectivity index (χ2v) is 7.75. The maximum absolute atomic E-state index is 12.3. The number of β-lactam (4-membered cyclic amide) rings is 1. The van der Waals surface area contributed by atoms with E-state index in [4.69, 9.17) is 23.2 Å². The Balaban J connectivity index is 1.71. The number of hydrogen-bond acceptors (Lipinski definition) is 6. The van der Waals surface area contributed by atoms with Gasteiger partial charge in [0.05, 0.1) is 6.61 Å². The minimum absolute atomic E-state index is 0.142. The van der Waals surface area contributed by atoms with Crippen molar-refractivity contribution in [1.82, 2.24) is 14.8 Å². The molecule has 2 aliphatic heterocycles. The molecule has 1 saturated heterocycles. The predicted octanol–water partition coefficient (Wildman–Crippen LogP) is -0.114. The van der Waals surface area contributed by atoms with Crippen LogP contribution in [0.5, 0.6) is 0 Å². The van der Waals surface area contributed by atoms with Crippen LogP contribution in [0.2, 0.25) is 10.0 Å². The van der Waals surface area contributed by atoms with Gasteiger partial charge in [0, 0.05) is 18.1 Å². The highest BCUT2D eigenvalue weighted by Crippen LogP contribution is 2.40. The van der Waals surface area contributed by atoms with Crippen LogP contribution in [-0.4, -0.2) is 61.2 Å². The molecule has 2 aliphatic rings. The van der Waals surface area contributed by atoms with Gasteiger partial charge in [0.1, 0.15) is 33.7 Å². The molecule has 0 unspecified atom stereocenters. The van der Waals surface area contributed by atoms with E-state index in [0.717, 1.165) is 4.90 Å². The van der Waals surface area contributed by atoms with Crippen molar-refractivity contribution in [1.29, 1.82) is 0 Å². The number of pyridine rings is 1. The van der Waals surface area contributed by atoms with Crippen LogP contribution < -0.4 is 10.7 Å². The molecule has 0 aromatic carbocycles. The Hall–Kier alpha value is -2.01. The van der Waals surface area contributed by atoms with Gasteiger partial charge in [-0.1, -0.05) is 23.2 Å². The number of carbonyl (C=O) groups is 3. The summed E-state index contributed by atoms with van der Waals surface area (Å²) in [6, 6.07) is -0.887. The van der Waals surface area contributed by atoms with E-state index in [2.05, 4.69) is 5.32 Å². The summed E-state index contributed by atoms with van der Waals surface area (Å²) in [5.74, 6) is -2.16. The normalized spacial score (nSPS) is 21.6. The highest BCUT2D eigenvalue weighted by Gasteiger charge is 2.54. The summed E-state index contributed by atoms with van der Waals surface area (Å²) < 4.78 is 1.31. The first kappa shape index (κ1) is 19.7. The molecule has 12 heteroatoms. The molecule has 144 valence electrons. The molecular formula is C15H13Cl2N3O6S. The van der Waals surface area contributed by atoms with Gasteiger partial charge in [-0.2, -0.15) is 0 Å². The largest absolute Gasteiger partial charge is 0.477 e. The molecule has 3 heterocycles. The quantitative estimate of drug-likeness (QED) is 0.552. The van der Waals surface area contributed by atoms with E-state index in [1.54, 1.807) is 0 Å². The fourth-order valence-electron chi connectivity index (χ4n) is 2.84. The fourth-order valence-corrected chi connectivity index (χ4v) is 4.68. The zero-order chi connectivity index (χ0) is 19.9. The van der Waals surface area contributed by atoms with Crippen LogP contribution >= 0.6 is 35.0 Å². The van der Waals surface area contributed by atoms with Gasteiger partial charge < -0.3 is 20.1 Å². The zero-order valence-corrected chi connectivity index (χ0v) is 15.8. The first-order valence-corrected chi connectivity index (χ1v) is 9.40. The SMILES string of the molecule is O=C(Cn1cc(Cl)c(=O)c(Cl)c1)N[C@@H]1C(=O)N2C(C(=O)O)=C(CO)CS[C@H]12. The minimum Gasteiger partial charge on any atom is -0.477 e. The third-order valence-electron chi connectivity index (χ3n) is 4.08. The molecule has 0 bridgehead atoms. The van der Waals surface area contributed by atoms with Gasteiger partial charge in [0.2, 0.25) is 11.3 Å². The van der Waals surface area contributed by atoms with Gasteiger partial charge in [-0.15, -0.1) is 11.8 Å². The third kappa shape index (κ3) is 3.57. The molecule has 1 aromatic heterocycles. The van der Waals surface area contributed by atoms with Crippen molar-refractivity contribution >= 4 is 52.7 Å². The Bertz CT molecular complexity index is 904. The fraction of sp³-hybridized carbons (Fsp3) is 0.333. The molecule has 1 fully saturated rings. The number of aliphatic hydroxyl groups is 1. The maximum atomic E-state index is 12.3. The summed E-state index contributed by atoms with van der Waals surface area (Å²) in [5, 5.41) is 20.3. The summed E-state index contributed by atoms with van der Waals surface area (Å²) in [6.07, 6.45) is 2.50. The number of carbonyl (C=O) groups excluding carboxylic acids is 2. The summed E-state index contributed by atoms with van der Waals surface area (Å²) in [5.41, 5.74) is -0.541. The Kier molecular flexibility index (Phi) is 5.52. The van der Waals surface area contributed by atoms with E-state index in [1.165, 1.54) is 28.7 Å². The average Bonchev–Trinajstić information content (AvgIpc) is 2.62. The Morgan fingerprint density at radius 1 is 1.26 bits per heavy atom. The molecule has 0 spiro atoms. The highest BCUT2D eigenvalue weighted by molar-refractivity contribution is 8.00. The number of fused-ring (bicyclic) bond motifs is 1. The lowest BCUT2D eigenvalue weighted by molar-refractivity contribution is -0.150. The van der Waals surface area contributed by atoms with Crippen molar-refractivity contribution in [3.8, 4) is 0 Å². The number of amides is 2. The number of nitrogens with zero attached hydrogens (tertiary/aromatic N) is 2. The maximum Gasteiger partial charge on any atom is 0.352 e. The van der Waals surface area contributed by atoms with Crippen molar-refractivity contribution in [2.45, 2.75) is 18.0 Å². The van der Waals surface area contributed by atoms with Crippen molar-refractivity contribution in [2.75, 3.05) is 12.4 Å². The molecule has 27 heavy (non-hydrogen) atoms. The standard InChI is InChI=1S/C15H13Cl2N3O6S/c16-7-1-19(2-8(17)12(7)23)3-9(22)18-10-13(24)20-11(15(25)26)6(4-21)5-27-14(10)20/h1-2,10,14,21H,3-5H2,(H,18,22)(H,25,26)/t10-,14-/m1/s1. The summed E-state index contributed by atoms with van der Waals surface area (Å²) >= 11 is 12.7. The molecule has 3 N–H and O–H groups in total. The van der Waals surface area contributed by atoms with Crippen molar-refractivity contribution in [3.05, 3.63) is 43.9 Å². The first-order chi connectivity index (χ1) is 12.7. The van der Waals surface area contributed by atoms with Gasteiger partial charge in [-0.3, -0.25) is 19.3 Å². The molecule has 0 saturated carbocycles. The van der Waals surface area contributed by atoms with Crippen molar-refractivity contribution in [3.63, 3.8) is 0 Å². The predicted molar refractivity (Wildman–Crippen MR) is 97.5 cm³/mol. The third-order valence-corrected chi connectivity index (χ3v) is 5.95. The van der Waals surface area contributed by atoms with Crippen LogP contribution in [0.3, 0.4) is 0 Å². The number of hydrogen-bond donors (Lipinski definition) is 3. The molecule has 0 aliphatic carbocycles. The molecule has 9 nitrogen and oxygen atoms in total. The van der Waals surface area contributed by atoms with Gasteiger partial charge >= 0.3 is 5.97 Å². The lowest BCUT2D eigenvalue weighted by atomic mass is 10.0. The number of aromatic nitrogens is 1. The average molecular weight is 434 g/mol. The van der Waals surface area contributed by atoms with Crippen LogP contribution in [0.4, 0.5) is 0 Å². The molecular weight excluding hydrogens is 421 g/mol. The van der Waals surface area contributed by atoms with Crippen LogP contribution in [0.25, 0.3) is 0 Å². The van der Waals surface area contributed by atoms with E-state index < -0.39 is 41.2 Å². The number of carboxylic acid groups (broad SMARTS) is 1. The van der Waals surface area contributed by atoms with E-state index >= 15 is 0 Å². The number of thioether (sulfide) groups is 1. The molecule has 0 radical (unpaired) electrons. The first-order valence-electron chi connectivity index (χ1n) is 7.60. The van der Waals surface area contributed by atoms with Crippen LogP contribution in [0.1, 0.15) is 0 Å². The van der Waals surface area contributed by atoms with E-state index in [0.29, 0.717) is 0 Å². The highest BCUT2D eigenvalue weighted by atomic mass is 35.5. The van der Waals surface area contributed by atoms with Gasteiger partial charge in [-0.05, 0) is 5.57 Å². The lowest BCUT2D eigenvalue weighted by Crippen LogP contribution is -2.70. The van der Waals surface area contributed by atoms with Gasteiger partial charge in [-0.25, -0.2) is 4.79 Å². The second-order valence-electron chi connectivity index (χ2n) is 5.83. The number of nitrogens with one attached hydrogen (secondary N) is 1. The molecule has 2 atom stereocenters. The topological polar surface area (TPSA) is 129 Å². The van der Waals surface area contributed by atoms with Crippen molar-refractivity contribution in [2.24, 2.45) is 0 Å². The summed E-state index contributed by atoms with van der Waals surface area (Å²) in [4.78, 5) is 48.5. The number of carboxylic acids is 1. The van der Waals surface area contributed by atoms with Gasteiger partial charge in [0.15, 0.2) is 0 Å². The van der Waals surface area contributed by atoms with Crippen LogP contribution in [0.15, 0.2) is 28.5 Å². The minimum atomic E-state index is -1.31. The molecule has 1 aromatic rings. The smallest absolute Gasteiger partial charge is 0.352 e. The number of aliphatic hydroxyl groups excluding tert-OH is 1. The number of rotatable bonds is 5. The Labute approximate surface area is 166 Å². The second kappa shape index (κ2) is 7.55. The lowest BCUT2D eigenvalue weighted by Gasteiger charge is -2.49. The van der Waals surface area contributed by atoms with E-state index in [9.17, 15) is 29.4 Å². The number of aliphatic carboxylic acids is 1. The van der Waals surface area contributed by atoms with E-state index in [1.807, 2.05) is 0 Å². The summed E-state index contributed by atoms with van der Waals surface area (Å²) in [6.45, 7) is -0.694. The van der Waals surface area contributed by atoms with Crippen LogP contribution in [-0.2, 0) is 20.9 Å². The van der Waals surface area contributed by atoms with Crippen molar-refractivity contribution < 1.29 is 24.6 Å². The summed E-state index contributed by atoms with van der Waals surface area (Å²) in [7, 11) is 0. The van der Waals surface area contributed by atoms with Gasteiger partial charge in [0.25, 0.3) is 5.91 Å². The Morgan fingerprint density at radius 2 is 1.89 bits per heavy atom. The zero-order valence-electron chi connectivity index (χ0n) is 13.5. The monoisotopic (exact) mass is 433 g/mol. The van der Waals surface area contributed by atoms with E-state index in [-0.39, 0.29) is 33.6 Å². The van der Waals surface area contributed by atoms with Crippen LogP contribution in [0, 0.1) is 0 Å².